The van der Waals surface area contributed by atoms with Crippen LogP contribution < -0.4 is 0 Å². The van der Waals surface area contributed by atoms with Crippen LogP contribution in [0.1, 0.15) is 114 Å². The molecule has 1 aromatic rings. The smallest absolute Gasteiger partial charge is 0.147 e. The minimum absolute atomic E-state index is 0.124. The molecule has 0 N–H and O–H groups in total. The fourth-order valence-corrected chi connectivity index (χ4v) is 5.59. The quantitative estimate of drug-likeness (QED) is 0.297. The van der Waals surface area contributed by atoms with Crippen LogP contribution in [0.25, 0.3) is 0 Å². The van der Waals surface area contributed by atoms with Gasteiger partial charge in [0.15, 0.2) is 0 Å². The van der Waals surface area contributed by atoms with Crippen LogP contribution in [0, 0.1) is 17.8 Å². The normalized spacial score (nSPS) is 27.2. The molecule has 2 aliphatic rings. The third-order valence-corrected chi connectivity index (χ3v) is 7.67. The number of carbonyl (C=O) groups is 2. The van der Waals surface area contributed by atoms with Crippen molar-refractivity contribution >= 4 is 11.6 Å². The number of hydrogen-bond donors (Lipinski definition) is 0. The van der Waals surface area contributed by atoms with Crippen molar-refractivity contribution in [2.45, 2.75) is 110 Å². The molecule has 0 radical (unpaired) electrons. The first kappa shape index (κ1) is 23.2. The van der Waals surface area contributed by atoms with Crippen molar-refractivity contribution in [2.75, 3.05) is 0 Å². The Bertz CT molecular complexity index is 666. The minimum Gasteiger partial charge on any atom is -0.299 e. The van der Waals surface area contributed by atoms with Gasteiger partial charge in [0.1, 0.15) is 11.6 Å². The van der Waals surface area contributed by atoms with Crippen molar-refractivity contribution in [2.24, 2.45) is 17.8 Å². The molecular formula is C28H42O2. The summed E-state index contributed by atoms with van der Waals surface area (Å²) in [7, 11) is 0. The van der Waals surface area contributed by atoms with Crippen molar-refractivity contribution < 1.29 is 9.59 Å². The maximum Gasteiger partial charge on any atom is 0.147 e. The molecule has 2 aliphatic carbocycles. The molecule has 0 aliphatic heterocycles. The molecule has 0 aromatic heterocycles. The molecule has 0 amide bonds. The molecule has 1 aromatic carbocycles. The van der Waals surface area contributed by atoms with E-state index in [1.807, 2.05) is 0 Å². The molecule has 0 bridgehead atoms. The fourth-order valence-electron chi connectivity index (χ4n) is 5.59. The maximum atomic E-state index is 12.6. The first-order chi connectivity index (χ1) is 14.6. The van der Waals surface area contributed by atoms with Gasteiger partial charge in [-0.1, -0.05) is 76.6 Å². The maximum absolute atomic E-state index is 12.6. The molecule has 2 heteroatoms. The van der Waals surface area contributed by atoms with Gasteiger partial charge in [-0.15, -0.1) is 0 Å². The van der Waals surface area contributed by atoms with E-state index in [2.05, 4.69) is 38.1 Å². The van der Waals surface area contributed by atoms with Crippen LogP contribution in [0.15, 0.2) is 24.3 Å². The van der Waals surface area contributed by atoms with Gasteiger partial charge in [-0.05, 0) is 67.4 Å². The Hall–Kier alpha value is -1.44. The highest BCUT2D eigenvalue weighted by molar-refractivity contribution is 6.03. The number of unbranched alkanes of at least 4 members (excludes halogenated alkanes) is 4. The summed E-state index contributed by atoms with van der Waals surface area (Å²) in [5.74, 6) is 2.01. The molecule has 0 saturated heterocycles. The molecule has 0 spiro atoms. The Morgan fingerprint density at radius 1 is 0.900 bits per heavy atom. The van der Waals surface area contributed by atoms with Crippen LogP contribution in [0.2, 0.25) is 0 Å². The van der Waals surface area contributed by atoms with E-state index in [0.717, 1.165) is 24.3 Å². The van der Waals surface area contributed by atoms with E-state index < -0.39 is 0 Å². The number of ketones is 2. The first-order valence-corrected chi connectivity index (χ1v) is 12.7. The van der Waals surface area contributed by atoms with E-state index in [-0.39, 0.29) is 17.5 Å². The number of hydrogen-bond acceptors (Lipinski definition) is 2. The number of benzene rings is 1. The summed E-state index contributed by atoms with van der Waals surface area (Å²) in [5.41, 5.74) is 2.51. The van der Waals surface area contributed by atoms with Crippen LogP contribution in [-0.2, 0) is 16.0 Å². The Morgan fingerprint density at radius 3 is 2.27 bits per heavy atom. The van der Waals surface area contributed by atoms with Gasteiger partial charge in [0, 0.05) is 12.8 Å². The third-order valence-electron chi connectivity index (χ3n) is 7.67. The van der Waals surface area contributed by atoms with Crippen LogP contribution in [-0.4, -0.2) is 11.6 Å². The predicted molar refractivity (Wildman–Crippen MR) is 125 cm³/mol. The second kappa shape index (κ2) is 11.8. The molecule has 2 unspecified atom stereocenters. The molecule has 2 nitrogen and oxygen atoms in total. The SMILES string of the molecule is CCCCCCCC1CCC(c2ccc(CC(=O)C3CCC(C)CC3=O)cc2)CC1. The average molecular weight is 411 g/mol. The largest absolute Gasteiger partial charge is 0.299 e. The van der Waals surface area contributed by atoms with Crippen LogP contribution in [0.3, 0.4) is 0 Å². The van der Waals surface area contributed by atoms with Gasteiger partial charge in [-0.25, -0.2) is 0 Å². The predicted octanol–water partition coefficient (Wildman–Crippen LogP) is 7.44. The zero-order valence-corrected chi connectivity index (χ0v) is 19.3. The van der Waals surface area contributed by atoms with Crippen molar-refractivity contribution in [1.29, 1.82) is 0 Å². The minimum atomic E-state index is -0.349. The lowest BCUT2D eigenvalue weighted by Crippen LogP contribution is -2.31. The fraction of sp³-hybridized carbons (Fsp3) is 0.714. The standard InChI is InChI=1S/C28H42O2/c1-3-4-5-6-7-8-22-10-14-24(15-11-22)25-16-12-23(13-17-25)20-28(30)26-18-9-21(2)19-27(26)29/h12-13,16-17,21-22,24,26H,3-11,14-15,18-20H2,1-2H3. The zero-order valence-electron chi connectivity index (χ0n) is 19.3. The van der Waals surface area contributed by atoms with Gasteiger partial charge in [0.2, 0.25) is 0 Å². The van der Waals surface area contributed by atoms with E-state index in [0.29, 0.717) is 24.7 Å². The summed E-state index contributed by atoms with van der Waals surface area (Å²) in [4.78, 5) is 24.8. The number of Topliss-reactive ketones (excluding diaryl/α,β-unsaturated/α-hetero) is 2. The van der Waals surface area contributed by atoms with Gasteiger partial charge >= 0.3 is 0 Å². The molecule has 2 atom stereocenters. The Kier molecular flexibility index (Phi) is 9.15. The molecule has 2 fully saturated rings. The van der Waals surface area contributed by atoms with Gasteiger partial charge in [0.25, 0.3) is 0 Å². The van der Waals surface area contributed by atoms with Crippen molar-refractivity contribution in [3.8, 4) is 0 Å². The summed E-state index contributed by atoms with van der Waals surface area (Å²) in [6.45, 7) is 4.39. The second-order valence-electron chi connectivity index (χ2n) is 10.2. The summed E-state index contributed by atoms with van der Waals surface area (Å²) in [6.07, 6.45) is 16.5. The van der Waals surface area contributed by atoms with Crippen molar-refractivity contribution in [3.63, 3.8) is 0 Å². The van der Waals surface area contributed by atoms with Gasteiger partial charge in [0.05, 0.1) is 5.92 Å². The molecule has 0 heterocycles. The number of carbonyl (C=O) groups excluding carboxylic acids is 2. The Balaban J connectivity index is 1.41. The Labute approximate surface area is 184 Å². The third kappa shape index (κ3) is 6.79. The van der Waals surface area contributed by atoms with Crippen LogP contribution in [0.4, 0.5) is 0 Å². The van der Waals surface area contributed by atoms with Crippen LogP contribution in [0.5, 0.6) is 0 Å². The topological polar surface area (TPSA) is 34.1 Å². The molecule has 166 valence electrons. The lowest BCUT2D eigenvalue weighted by Gasteiger charge is -2.29. The Morgan fingerprint density at radius 2 is 1.60 bits per heavy atom. The number of rotatable bonds is 10. The van der Waals surface area contributed by atoms with Gasteiger partial charge in [-0.2, -0.15) is 0 Å². The summed E-state index contributed by atoms with van der Waals surface area (Å²) < 4.78 is 0. The zero-order chi connectivity index (χ0) is 21.3. The highest BCUT2D eigenvalue weighted by atomic mass is 16.1. The van der Waals surface area contributed by atoms with E-state index in [1.165, 1.54) is 69.8 Å². The lowest BCUT2D eigenvalue weighted by molar-refractivity contribution is -0.134. The van der Waals surface area contributed by atoms with Crippen molar-refractivity contribution in [1.82, 2.24) is 0 Å². The van der Waals surface area contributed by atoms with E-state index in [9.17, 15) is 9.59 Å². The molecule has 2 saturated carbocycles. The highest BCUT2D eigenvalue weighted by Gasteiger charge is 2.31. The monoisotopic (exact) mass is 410 g/mol. The molecular weight excluding hydrogens is 368 g/mol. The molecule has 3 rings (SSSR count). The summed E-state index contributed by atoms with van der Waals surface area (Å²) in [5, 5.41) is 0. The highest BCUT2D eigenvalue weighted by Crippen LogP contribution is 2.38. The first-order valence-electron chi connectivity index (χ1n) is 12.7. The lowest BCUT2D eigenvalue weighted by atomic mass is 9.76. The average Bonchev–Trinajstić information content (AvgIpc) is 2.74. The van der Waals surface area contributed by atoms with Crippen LogP contribution >= 0.6 is 0 Å². The van der Waals surface area contributed by atoms with E-state index in [4.69, 9.17) is 0 Å². The van der Waals surface area contributed by atoms with Crippen molar-refractivity contribution in [3.05, 3.63) is 35.4 Å². The summed E-state index contributed by atoms with van der Waals surface area (Å²) in [6, 6.07) is 8.73. The van der Waals surface area contributed by atoms with E-state index >= 15 is 0 Å². The van der Waals surface area contributed by atoms with E-state index in [1.54, 1.807) is 0 Å². The van der Waals surface area contributed by atoms with Gasteiger partial charge < -0.3 is 0 Å². The molecule has 30 heavy (non-hydrogen) atoms. The summed E-state index contributed by atoms with van der Waals surface area (Å²) >= 11 is 0. The second-order valence-corrected chi connectivity index (χ2v) is 10.2. The van der Waals surface area contributed by atoms with Gasteiger partial charge in [-0.3, -0.25) is 9.59 Å².